The van der Waals surface area contributed by atoms with Gasteiger partial charge in [-0.15, -0.1) is 0 Å². The number of nitrogens with zero attached hydrogens (tertiary/aromatic N) is 4. The normalized spacial score (nSPS) is 10.4. The zero-order valence-electron chi connectivity index (χ0n) is 9.31. The summed E-state index contributed by atoms with van der Waals surface area (Å²) in [5.41, 5.74) is 7.55. The summed E-state index contributed by atoms with van der Waals surface area (Å²) in [7, 11) is 1.83. The Morgan fingerprint density at radius 2 is 2.25 bits per heavy atom. The van der Waals surface area contributed by atoms with E-state index in [0.29, 0.717) is 23.9 Å². The lowest BCUT2D eigenvalue weighted by molar-refractivity contribution is 0.747. The van der Waals surface area contributed by atoms with Gasteiger partial charge in [-0.05, 0) is 18.6 Å². The number of aromatic nitrogens is 4. The molecule has 2 heterocycles. The van der Waals surface area contributed by atoms with Crippen LogP contribution in [0, 0.1) is 6.92 Å². The van der Waals surface area contributed by atoms with Crippen molar-refractivity contribution in [2.75, 3.05) is 11.1 Å². The minimum Gasteiger partial charge on any atom is -0.396 e. The van der Waals surface area contributed by atoms with E-state index in [1.165, 1.54) is 0 Å². The SMILES string of the molecule is Cc1ccnc(NCc2ncn(C)n2)c1N. The summed E-state index contributed by atoms with van der Waals surface area (Å²) in [5, 5.41) is 7.26. The smallest absolute Gasteiger partial charge is 0.169 e. The Morgan fingerprint density at radius 3 is 2.94 bits per heavy atom. The summed E-state index contributed by atoms with van der Waals surface area (Å²) in [5.74, 6) is 1.39. The van der Waals surface area contributed by atoms with E-state index in [9.17, 15) is 0 Å². The van der Waals surface area contributed by atoms with Crippen LogP contribution < -0.4 is 11.1 Å². The van der Waals surface area contributed by atoms with Crippen LogP contribution in [0.5, 0.6) is 0 Å². The van der Waals surface area contributed by atoms with Crippen molar-refractivity contribution < 1.29 is 0 Å². The van der Waals surface area contributed by atoms with E-state index in [0.717, 1.165) is 5.56 Å². The highest BCUT2D eigenvalue weighted by Gasteiger charge is 2.04. The van der Waals surface area contributed by atoms with Crippen LogP contribution in [0.25, 0.3) is 0 Å². The number of rotatable bonds is 3. The van der Waals surface area contributed by atoms with Crippen molar-refractivity contribution in [1.29, 1.82) is 0 Å². The van der Waals surface area contributed by atoms with Crippen molar-refractivity contribution in [1.82, 2.24) is 19.7 Å². The maximum absolute atomic E-state index is 5.88. The second-order valence-electron chi connectivity index (χ2n) is 3.58. The molecule has 0 bridgehead atoms. The summed E-state index contributed by atoms with van der Waals surface area (Å²) < 4.78 is 1.66. The summed E-state index contributed by atoms with van der Waals surface area (Å²) in [6.07, 6.45) is 3.38. The van der Waals surface area contributed by atoms with E-state index < -0.39 is 0 Å². The Morgan fingerprint density at radius 1 is 1.44 bits per heavy atom. The number of pyridine rings is 1. The molecule has 6 heteroatoms. The van der Waals surface area contributed by atoms with Gasteiger partial charge in [0.05, 0.1) is 12.2 Å². The molecule has 0 atom stereocenters. The predicted octanol–water partition coefficient (Wildman–Crippen LogP) is 0.713. The molecule has 0 radical (unpaired) electrons. The fraction of sp³-hybridized carbons (Fsp3) is 0.300. The van der Waals surface area contributed by atoms with Gasteiger partial charge in [-0.3, -0.25) is 4.68 Å². The van der Waals surface area contributed by atoms with Crippen LogP contribution >= 0.6 is 0 Å². The van der Waals surface area contributed by atoms with Crippen molar-refractivity contribution in [3.63, 3.8) is 0 Å². The van der Waals surface area contributed by atoms with E-state index in [-0.39, 0.29) is 0 Å². The van der Waals surface area contributed by atoms with Crippen molar-refractivity contribution in [2.24, 2.45) is 7.05 Å². The highest BCUT2D eigenvalue weighted by molar-refractivity contribution is 5.64. The molecule has 2 aromatic heterocycles. The molecule has 0 saturated carbocycles. The van der Waals surface area contributed by atoms with Crippen LogP contribution in [-0.2, 0) is 13.6 Å². The fourth-order valence-electron chi connectivity index (χ4n) is 1.34. The molecule has 0 spiro atoms. The second-order valence-corrected chi connectivity index (χ2v) is 3.58. The van der Waals surface area contributed by atoms with Crippen LogP contribution in [0.1, 0.15) is 11.4 Å². The predicted molar refractivity (Wildman–Crippen MR) is 61.7 cm³/mol. The third-order valence-corrected chi connectivity index (χ3v) is 2.27. The quantitative estimate of drug-likeness (QED) is 0.793. The topological polar surface area (TPSA) is 81.7 Å². The van der Waals surface area contributed by atoms with Gasteiger partial charge in [-0.1, -0.05) is 0 Å². The maximum Gasteiger partial charge on any atom is 0.169 e. The third kappa shape index (κ3) is 2.10. The van der Waals surface area contributed by atoms with Crippen LogP contribution in [0.15, 0.2) is 18.6 Å². The van der Waals surface area contributed by atoms with Gasteiger partial charge >= 0.3 is 0 Å². The van der Waals surface area contributed by atoms with Gasteiger partial charge in [-0.2, -0.15) is 5.10 Å². The number of nitrogen functional groups attached to an aromatic ring is 1. The molecular weight excluding hydrogens is 204 g/mol. The molecule has 84 valence electrons. The Bertz CT molecular complexity index is 490. The van der Waals surface area contributed by atoms with Crippen LogP contribution in [0.3, 0.4) is 0 Å². The fourth-order valence-corrected chi connectivity index (χ4v) is 1.34. The van der Waals surface area contributed by atoms with Gasteiger partial charge in [-0.25, -0.2) is 9.97 Å². The number of hydrogen-bond acceptors (Lipinski definition) is 5. The van der Waals surface area contributed by atoms with Crippen LogP contribution in [0.4, 0.5) is 11.5 Å². The number of hydrogen-bond donors (Lipinski definition) is 2. The van der Waals surface area contributed by atoms with Crippen molar-refractivity contribution in [2.45, 2.75) is 13.5 Å². The second kappa shape index (κ2) is 4.18. The summed E-state index contributed by atoms with van der Waals surface area (Å²) in [4.78, 5) is 8.27. The summed E-state index contributed by atoms with van der Waals surface area (Å²) in [6.45, 7) is 2.46. The van der Waals surface area contributed by atoms with Crippen LogP contribution in [0.2, 0.25) is 0 Å². The molecule has 0 fully saturated rings. The molecule has 0 aliphatic heterocycles. The minimum atomic E-state index is 0.515. The Kier molecular flexibility index (Phi) is 2.72. The van der Waals surface area contributed by atoms with Crippen molar-refractivity contribution in [3.8, 4) is 0 Å². The lowest BCUT2D eigenvalue weighted by atomic mass is 10.2. The Labute approximate surface area is 93.5 Å². The monoisotopic (exact) mass is 218 g/mol. The summed E-state index contributed by atoms with van der Waals surface area (Å²) in [6, 6.07) is 1.87. The molecule has 2 aromatic rings. The highest BCUT2D eigenvalue weighted by atomic mass is 15.3. The molecular formula is C10H14N6. The third-order valence-electron chi connectivity index (χ3n) is 2.27. The van der Waals surface area contributed by atoms with E-state index in [1.54, 1.807) is 17.2 Å². The van der Waals surface area contributed by atoms with Gasteiger partial charge in [0.1, 0.15) is 12.1 Å². The average molecular weight is 218 g/mol. The van der Waals surface area contributed by atoms with Crippen LogP contribution in [-0.4, -0.2) is 19.7 Å². The Hall–Kier alpha value is -2.11. The van der Waals surface area contributed by atoms with E-state index in [2.05, 4.69) is 20.4 Å². The van der Waals surface area contributed by atoms with E-state index in [1.807, 2.05) is 20.0 Å². The first-order valence-corrected chi connectivity index (χ1v) is 4.96. The number of anilines is 2. The van der Waals surface area contributed by atoms with Gasteiger partial charge in [0, 0.05) is 13.2 Å². The van der Waals surface area contributed by atoms with Gasteiger partial charge in [0.2, 0.25) is 0 Å². The van der Waals surface area contributed by atoms with Crippen molar-refractivity contribution in [3.05, 3.63) is 30.0 Å². The zero-order chi connectivity index (χ0) is 11.5. The number of nitrogens with two attached hydrogens (primary N) is 1. The number of nitrogens with one attached hydrogen (secondary N) is 1. The first-order chi connectivity index (χ1) is 7.66. The Balaban J connectivity index is 2.07. The van der Waals surface area contributed by atoms with Gasteiger partial charge in [0.25, 0.3) is 0 Å². The molecule has 0 aliphatic carbocycles. The molecule has 0 saturated heterocycles. The van der Waals surface area contributed by atoms with Crippen molar-refractivity contribution >= 4 is 11.5 Å². The van der Waals surface area contributed by atoms with E-state index >= 15 is 0 Å². The first-order valence-electron chi connectivity index (χ1n) is 4.96. The standard InChI is InChI=1S/C10H14N6/c1-7-3-4-12-10(9(7)11)13-5-8-14-6-16(2)15-8/h3-4,6H,5,11H2,1-2H3,(H,12,13). The lowest BCUT2D eigenvalue weighted by Crippen LogP contribution is -2.07. The minimum absolute atomic E-state index is 0.515. The van der Waals surface area contributed by atoms with Gasteiger partial charge < -0.3 is 11.1 Å². The molecule has 0 amide bonds. The molecule has 0 unspecified atom stereocenters. The lowest BCUT2D eigenvalue weighted by Gasteiger charge is -2.07. The molecule has 6 nitrogen and oxygen atoms in total. The molecule has 3 N–H and O–H groups in total. The average Bonchev–Trinajstić information content (AvgIpc) is 2.67. The molecule has 0 aromatic carbocycles. The highest BCUT2D eigenvalue weighted by Crippen LogP contribution is 2.18. The molecule has 0 aliphatic rings. The first kappa shape index (κ1) is 10.4. The molecule has 16 heavy (non-hydrogen) atoms. The number of aryl methyl sites for hydroxylation is 2. The van der Waals surface area contributed by atoms with Gasteiger partial charge in [0.15, 0.2) is 5.82 Å². The largest absolute Gasteiger partial charge is 0.396 e. The molecule has 2 rings (SSSR count). The maximum atomic E-state index is 5.88. The summed E-state index contributed by atoms with van der Waals surface area (Å²) >= 11 is 0. The van der Waals surface area contributed by atoms with E-state index in [4.69, 9.17) is 5.73 Å². The zero-order valence-corrected chi connectivity index (χ0v) is 9.31.